The quantitative estimate of drug-likeness (QED) is 0.425. The number of thioether (sulfide) groups is 1. The van der Waals surface area contributed by atoms with Gasteiger partial charge in [0.1, 0.15) is 15.8 Å². The Kier molecular flexibility index (Phi) is 7.54. The highest BCUT2D eigenvalue weighted by Crippen LogP contribution is 2.35. The van der Waals surface area contributed by atoms with Crippen molar-refractivity contribution in [1.82, 2.24) is 14.3 Å². The van der Waals surface area contributed by atoms with E-state index in [9.17, 15) is 9.59 Å². The van der Waals surface area contributed by atoms with E-state index < -0.39 is 0 Å². The molecule has 1 aliphatic rings. The van der Waals surface area contributed by atoms with E-state index in [0.717, 1.165) is 37.9 Å². The average molecular weight is 459 g/mol. The summed E-state index contributed by atoms with van der Waals surface area (Å²) < 4.78 is 2.10. The number of hydrogen-bond acceptors (Lipinski definition) is 6. The molecular formula is C23H30N4O2S2. The molecule has 0 aliphatic carbocycles. The zero-order valence-corrected chi connectivity index (χ0v) is 20.5. The molecule has 1 atom stereocenters. The topological polar surface area (TPSA) is 57.9 Å². The molecule has 0 radical (unpaired) electrons. The molecule has 0 spiro atoms. The fourth-order valence-electron chi connectivity index (χ4n) is 3.65. The Morgan fingerprint density at radius 3 is 2.48 bits per heavy atom. The molecule has 8 heteroatoms. The molecule has 1 amide bonds. The number of aryl methyl sites for hydroxylation is 1. The molecule has 0 aromatic carbocycles. The molecule has 3 rings (SSSR count). The van der Waals surface area contributed by atoms with Crippen LogP contribution in [0.3, 0.4) is 0 Å². The van der Waals surface area contributed by atoms with E-state index in [1.54, 1.807) is 21.6 Å². The highest BCUT2D eigenvalue weighted by atomic mass is 32.2. The average Bonchev–Trinajstić information content (AvgIpc) is 3.02. The monoisotopic (exact) mass is 458 g/mol. The number of aromatic nitrogens is 2. The molecular weight excluding hydrogens is 428 g/mol. The van der Waals surface area contributed by atoms with E-state index in [-0.39, 0.29) is 17.5 Å². The molecule has 1 fully saturated rings. The van der Waals surface area contributed by atoms with Gasteiger partial charge in [-0.25, -0.2) is 4.98 Å². The van der Waals surface area contributed by atoms with Crippen LogP contribution in [0, 0.1) is 6.92 Å². The van der Waals surface area contributed by atoms with Crippen molar-refractivity contribution in [2.75, 3.05) is 18.0 Å². The minimum Gasteiger partial charge on any atom is -0.356 e. The van der Waals surface area contributed by atoms with Crippen molar-refractivity contribution in [1.29, 1.82) is 0 Å². The summed E-state index contributed by atoms with van der Waals surface area (Å²) in [6, 6.07) is 3.84. The van der Waals surface area contributed by atoms with Crippen LogP contribution in [0.2, 0.25) is 0 Å². The molecule has 31 heavy (non-hydrogen) atoms. The summed E-state index contributed by atoms with van der Waals surface area (Å²) >= 11 is 6.72. The van der Waals surface area contributed by atoms with Crippen LogP contribution in [0.5, 0.6) is 0 Å². The number of amides is 1. The van der Waals surface area contributed by atoms with Crippen LogP contribution < -0.4 is 10.5 Å². The Morgan fingerprint density at radius 2 is 1.87 bits per heavy atom. The van der Waals surface area contributed by atoms with Crippen molar-refractivity contribution < 1.29 is 4.79 Å². The number of thiocarbonyl (C=S) groups is 1. The molecule has 1 saturated heterocycles. The largest absolute Gasteiger partial charge is 0.356 e. The van der Waals surface area contributed by atoms with Crippen molar-refractivity contribution in [3.05, 3.63) is 44.7 Å². The van der Waals surface area contributed by atoms with Crippen LogP contribution in [-0.2, 0) is 4.79 Å². The van der Waals surface area contributed by atoms with Gasteiger partial charge < -0.3 is 4.90 Å². The number of hydrogen-bond donors (Lipinski definition) is 0. The van der Waals surface area contributed by atoms with Crippen molar-refractivity contribution in [2.24, 2.45) is 0 Å². The van der Waals surface area contributed by atoms with E-state index in [4.69, 9.17) is 17.2 Å². The molecule has 2 aromatic heterocycles. The van der Waals surface area contributed by atoms with Crippen LogP contribution in [0.25, 0.3) is 11.7 Å². The third kappa shape index (κ3) is 4.70. The zero-order valence-electron chi connectivity index (χ0n) is 18.8. The highest BCUT2D eigenvalue weighted by molar-refractivity contribution is 8.26. The smallest absolute Gasteiger partial charge is 0.267 e. The van der Waals surface area contributed by atoms with E-state index in [1.807, 2.05) is 32.9 Å². The lowest BCUT2D eigenvalue weighted by Gasteiger charge is -2.24. The molecule has 1 unspecified atom stereocenters. The maximum Gasteiger partial charge on any atom is 0.267 e. The van der Waals surface area contributed by atoms with Crippen molar-refractivity contribution in [3.8, 4) is 0 Å². The van der Waals surface area contributed by atoms with Crippen LogP contribution >= 0.6 is 24.0 Å². The first-order valence-electron chi connectivity index (χ1n) is 10.9. The Bertz CT molecular complexity index is 1090. The predicted molar refractivity (Wildman–Crippen MR) is 134 cm³/mol. The van der Waals surface area contributed by atoms with E-state index in [2.05, 4.69) is 18.7 Å². The second-order valence-corrected chi connectivity index (χ2v) is 9.56. The third-order valence-corrected chi connectivity index (χ3v) is 6.73. The second kappa shape index (κ2) is 9.96. The third-order valence-electron chi connectivity index (χ3n) is 5.40. The maximum absolute atomic E-state index is 13.5. The first-order valence-corrected chi connectivity index (χ1v) is 12.1. The van der Waals surface area contributed by atoms with Gasteiger partial charge in [-0.2, -0.15) is 0 Å². The lowest BCUT2D eigenvalue weighted by molar-refractivity contribution is -0.123. The number of carbonyl (C=O) groups excluding carboxylic acids is 1. The van der Waals surface area contributed by atoms with Gasteiger partial charge in [0.2, 0.25) is 0 Å². The van der Waals surface area contributed by atoms with Gasteiger partial charge in [0, 0.05) is 25.3 Å². The lowest BCUT2D eigenvalue weighted by atomic mass is 10.2. The minimum atomic E-state index is -0.172. The fraction of sp³-hybridized carbons (Fsp3) is 0.478. The van der Waals surface area contributed by atoms with E-state index in [1.165, 1.54) is 11.8 Å². The van der Waals surface area contributed by atoms with Gasteiger partial charge in [0.15, 0.2) is 0 Å². The van der Waals surface area contributed by atoms with Crippen LogP contribution in [0.15, 0.2) is 28.0 Å². The van der Waals surface area contributed by atoms with Gasteiger partial charge in [0.25, 0.3) is 11.5 Å². The van der Waals surface area contributed by atoms with Crippen LogP contribution in [0.1, 0.15) is 58.1 Å². The molecule has 2 aromatic rings. The van der Waals surface area contributed by atoms with Gasteiger partial charge in [-0.1, -0.05) is 50.8 Å². The molecule has 3 heterocycles. The van der Waals surface area contributed by atoms with Gasteiger partial charge in [-0.05, 0) is 50.8 Å². The minimum absolute atomic E-state index is 0.0213. The molecule has 6 nitrogen and oxygen atoms in total. The van der Waals surface area contributed by atoms with Crippen molar-refractivity contribution in [2.45, 2.75) is 59.9 Å². The summed E-state index contributed by atoms with van der Waals surface area (Å²) in [5, 5.41) is 0. The van der Waals surface area contributed by atoms with Crippen LogP contribution in [-0.4, -0.2) is 43.6 Å². The Hall–Kier alpha value is -2.19. The number of fused-ring (bicyclic) bond motifs is 1. The summed E-state index contributed by atoms with van der Waals surface area (Å²) in [6.07, 6.45) is 6.17. The summed E-state index contributed by atoms with van der Waals surface area (Å²) in [5.41, 5.74) is 1.84. The summed E-state index contributed by atoms with van der Waals surface area (Å²) in [6.45, 7) is 11.7. The second-order valence-electron chi connectivity index (χ2n) is 7.88. The molecule has 0 bridgehead atoms. The van der Waals surface area contributed by atoms with Gasteiger partial charge in [0.05, 0.1) is 10.5 Å². The Labute approximate surface area is 193 Å². The first-order chi connectivity index (χ1) is 14.8. The highest BCUT2D eigenvalue weighted by Gasteiger charge is 2.35. The zero-order chi connectivity index (χ0) is 22.7. The summed E-state index contributed by atoms with van der Waals surface area (Å²) in [5.74, 6) is 0.493. The Morgan fingerprint density at radius 1 is 1.19 bits per heavy atom. The van der Waals surface area contributed by atoms with Gasteiger partial charge >= 0.3 is 0 Å². The molecule has 0 N–H and O–H groups in total. The molecule has 1 aliphatic heterocycles. The SMILES string of the molecule is CCCN(CCC)c1nc2ccc(C)cn2c(=O)c1/C=C1\SC(=S)N(C(C)CC)C1=O. The number of rotatable bonds is 8. The summed E-state index contributed by atoms with van der Waals surface area (Å²) in [4.78, 5) is 35.8. The fourth-order valence-corrected chi connectivity index (χ4v) is 5.10. The lowest BCUT2D eigenvalue weighted by Crippen LogP contribution is -2.36. The number of carbonyl (C=O) groups is 1. The van der Waals surface area contributed by atoms with Gasteiger partial charge in [-0.15, -0.1) is 0 Å². The van der Waals surface area contributed by atoms with Gasteiger partial charge in [-0.3, -0.25) is 18.9 Å². The first kappa shape index (κ1) is 23.5. The van der Waals surface area contributed by atoms with Crippen molar-refractivity contribution in [3.63, 3.8) is 0 Å². The number of anilines is 1. The molecule has 166 valence electrons. The maximum atomic E-state index is 13.5. The molecule has 0 saturated carbocycles. The summed E-state index contributed by atoms with van der Waals surface area (Å²) in [7, 11) is 0. The number of pyridine rings is 1. The predicted octanol–water partition coefficient (Wildman–Crippen LogP) is 4.63. The van der Waals surface area contributed by atoms with E-state index >= 15 is 0 Å². The number of nitrogens with zero attached hydrogens (tertiary/aromatic N) is 4. The normalized spacial score (nSPS) is 16.5. The van der Waals surface area contributed by atoms with Crippen molar-refractivity contribution >= 4 is 51.7 Å². The van der Waals surface area contributed by atoms with Crippen LogP contribution in [0.4, 0.5) is 5.82 Å². The van der Waals surface area contributed by atoms with E-state index in [0.29, 0.717) is 26.3 Å². The standard InChI is InChI=1S/C23H30N4O2S2/c1-6-11-25(12-7-2)20-17(21(28)26-14-15(4)9-10-19(26)24-20)13-18-22(29)27(16(5)8-3)23(30)31-18/h9-10,13-14,16H,6-8,11-12H2,1-5H3/b18-13-. The Balaban J connectivity index is 2.22.